The number of carbonyl (C=O) groups excluding carboxylic acids is 1. The Labute approximate surface area is 102 Å². The van der Waals surface area contributed by atoms with E-state index in [0.29, 0.717) is 31.3 Å². The lowest BCUT2D eigenvalue weighted by Gasteiger charge is -2.24. The van der Waals surface area contributed by atoms with Gasteiger partial charge in [0.05, 0.1) is 12.3 Å². The van der Waals surface area contributed by atoms with Gasteiger partial charge in [0.15, 0.2) is 0 Å². The molecule has 1 fully saturated rings. The Bertz CT molecular complexity index is 380. The molecule has 0 bridgehead atoms. The van der Waals surface area contributed by atoms with Crippen LogP contribution in [-0.2, 0) is 4.79 Å². The molecule has 1 saturated carbocycles. The minimum Gasteiger partial charge on any atom is -0.492 e. The van der Waals surface area contributed by atoms with Gasteiger partial charge >= 0.3 is 0 Å². The predicted molar refractivity (Wildman–Crippen MR) is 68.5 cm³/mol. The van der Waals surface area contributed by atoms with Gasteiger partial charge in [-0.3, -0.25) is 4.79 Å². The van der Waals surface area contributed by atoms with Crippen molar-refractivity contribution in [2.24, 2.45) is 0 Å². The lowest BCUT2D eigenvalue weighted by atomic mass is 9.94. The fourth-order valence-corrected chi connectivity index (χ4v) is 2.17. The number of benzene rings is 1. The lowest BCUT2D eigenvalue weighted by molar-refractivity contribution is -0.120. The van der Waals surface area contributed by atoms with Gasteiger partial charge in [-0.1, -0.05) is 12.1 Å². The molecule has 0 saturated heterocycles. The van der Waals surface area contributed by atoms with E-state index in [1.165, 1.54) is 0 Å². The number of anilines is 1. The maximum Gasteiger partial charge on any atom is 0.142 e. The summed E-state index contributed by atoms with van der Waals surface area (Å²) in [5.74, 6) is 1.29. The maximum atomic E-state index is 11.2. The Morgan fingerprint density at radius 1 is 1.29 bits per heavy atom. The van der Waals surface area contributed by atoms with Gasteiger partial charge in [-0.25, -0.2) is 0 Å². The second-order valence-electron chi connectivity index (χ2n) is 4.39. The zero-order valence-corrected chi connectivity index (χ0v) is 10.2. The summed E-state index contributed by atoms with van der Waals surface area (Å²) >= 11 is 0. The third-order valence-electron chi connectivity index (χ3n) is 3.09. The average Bonchev–Trinajstić information content (AvgIpc) is 2.35. The summed E-state index contributed by atoms with van der Waals surface area (Å²) in [6, 6.07) is 8.37. The highest BCUT2D eigenvalue weighted by atomic mass is 16.5. The van der Waals surface area contributed by atoms with Crippen molar-refractivity contribution >= 4 is 11.5 Å². The van der Waals surface area contributed by atoms with Crippen molar-refractivity contribution in [3.8, 4) is 5.75 Å². The topological polar surface area (TPSA) is 38.3 Å². The van der Waals surface area contributed by atoms with Gasteiger partial charge in [-0.2, -0.15) is 0 Å². The van der Waals surface area contributed by atoms with E-state index >= 15 is 0 Å². The first kappa shape index (κ1) is 12.0. The second-order valence-corrected chi connectivity index (χ2v) is 4.39. The van der Waals surface area contributed by atoms with Crippen molar-refractivity contribution in [1.29, 1.82) is 0 Å². The van der Waals surface area contributed by atoms with Crippen LogP contribution < -0.4 is 10.1 Å². The standard InChI is InChI=1S/C14H19NO2/c1-2-17-14-6-4-3-5-13(14)15-11-7-9-12(16)10-8-11/h3-6,11,15H,2,7-10H2,1H3. The quantitative estimate of drug-likeness (QED) is 0.868. The summed E-state index contributed by atoms with van der Waals surface area (Å²) < 4.78 is 5.57. The Morgan fingerprint density at radius 3 is 2.71 bits per heavy atom. The highest BCUT2D eigenvalue weighted by Gasteiger charge is 2.19. The molecule has 1 aliphatic rings. The van der Waals surface area contributed by atoms with Crippen LogP contribution in [0.3, 0.4) is 0 Å². The zero-order valence-electron chi connectivity index (χ0n) is 10.2. The Balaban J connectivity index is 2.00. The van der Waals surface area contributed by atoms with Crippen LogP contribution in [0.25, 0.3) is 0 Å². The Kier molecular flexibility index (Phi) is 4.02. The second kappa shape index (κ2) is 5.71. The summed E-state index contributed by atoms with van der Waals surface area (Å²) in [7, 11) is 0. The van der Waals surface area contributed by atoms with E-state index in [0.717, 1.165) is 24.3 Å². The van der Waals surface area contributed by atoms with Crippen LogP contribution in [-0.4, -0.2) is 18.4 Å². The van der Waals surface area contributed by atoms with Crippen molar-refractivity contribution in [2.45, 2.75) is 38.6 Å². The first-order valence-corrected chi connectivity index (χ1v) is 6.29. The number of Topliss-reactive ketones (excluding diaryl/α,β-unsaturated/α-hetero) is 1. The number of nitrogens with one attached hydrogen (secondary N) is 1. The molecule has 0 atom stereocenters. The molecular formula is C14H19NO2. The van der Waals surface area contributed by atoms with Gasteiger partial charge in [0.25, 0.3) is 0 Å². The maximum absolute atomic E-state index is 11.2. The van der Waals surface area contributed by atoms with Gasteiger partial charge in [0.2, 0.25) is 0 Å². The summed E-state index contributed by atoms with van der Waals surface area (Å²) in [5, 5.41) is 3.48. The zero-order chi connectivity index (χ0) is 12.1. The van der Waals surface area contributed by atoms with Gasteiger partial charge in [0, 0.05) is 18.9 Å². The normalized spacial score (nSPS) is 16.9. The molecule has 2 rings (SSSR count). The molecule has 1 aromatic carbocycles. The van der Waals surface area contributed by atoms with E-state index in [1.54, 1.807) is 0 Å². The fourth-order valence-electron chi connectivity index (χ4n) is 2.17. The van der Waals surface area contributed by atoms with Crippen LogP contribution in [0.2, 0.25) is 0 Å². The van der Waals surface area contributed by atoms with Crippen molar-refractivity contribution in [2.75, 3.05) is 11.9 Å². The summed E-state index contributed by atoms with van der Waals surface area (Å²) in [5.41, 5.74) is 1.04. The van der Waals surface area contributed by atoms with E-state index in [-0.39, 0.29) is 0 Å². The molecule has 1 aliphatic carbocycles. The van der Waals surface area contributed by atoms with Gasteiger partial charge in [0.1, 0.15) is 11.5 Å². The molecule has 3 nitrogen and oxygen atoms in total. The average molecular weight is 233 g/mol. The number of rotatable bonds is 4. The first-order chi connectivity index (χ1) is 8.29. The molecule has 0 radical (unpaired) electrons. The fraction of sp³-hybridized carbons (Fsp3) is 0.500. The number of ketones is 1. The van der Waals surface area contributed by atoms with Crippen molar-refractivity contribution in [1.82, 2.24) is 0 Å². The van der Waals surface area contributed by atoms with Crippen LogP contribution in [0.4, 0.5) is 5.69 Å². The number of para-hydroxylation sites is 2. The molecular weight excluding hydrogens is 214 g/mol. The van der Waals surface area contributed by atoms with E-state index in [1.807, 2.05) is 31.2 Å². The van der Waals surface area contributed by atoms with Crippen LogP contribution in [0.1, 0.15) is 32.6 Å². The first-order valence-electron chi connectivity index (χ1n) is 6.29. The molecule has 1 aromatic rings. The van der Waals surface area contributed by atoms with E-state index in [4.69, 9.17) is 4.74 Å². The van der Waals surface area contributed by atoms with Crippen LogP contribution >= 0.6 is 0 Å². The molecule has 17 heavy (non-hydrogen) atoms. The molecule has 0 amide bonds. The Morgan fingerprint density at radius 2 is 2.00 bits per heavy atom. The molecule has 0 aromatic heterocycles. The van der Waals surface area contributed by atoms with E-state index < -0.39 is 0 Å². The summed E-state index contributed by atoms with van der Waals surface area (Å²) in [6.07, 6.45) is 3.27. The van der Waals surface area contributed by atoms with E-state index in [2.05, 4.69) is 5.32 Å². The third kappa shape index (κ3) is 3.22. The molecule has 0 spiro atoms. The van der Waals surface area contributed by atoms with Gasteiger partial charge < -0.3 is 10.1 Å². The van der Waals surface area contributed by atoms with Crippen LogP contribution in [0.5, 0.6) is 5.75 Å². The SMILES string of the molecule is CCOc1ccccc1NC1CCC(=O)CC1. The van der Waals surface area contributed by atoms with Crippen molar-refractivity contribution in [3.63, 3.8) is 0 Å². The monoisotopic (exact) mass is 233 g/mol. The smallest absolute Gasteiger partial charge is 0.142 e. The largest absolute Gasteiger partial charge is 0.492 e. The van der Waals surface area contributed by atoms with Crippen molar-refractivity contribution in [3.05, 3.63) is 24.3 Å². The predicted octanol–water partition coefficient (Wildman–Crippen LogP) is 3.01. The van der Waals surface area contributed by atoms with Gasteiger partial charge in [-0.05, 0) is 31.9 Å². The number of carbonyl (C=O) groups is 1. The summed E-state index contributed by atoms with van der Waals surface area (Å²) in [4.78, 5) is 11.2. The Hall–Kier alpha value is -1.51. The molecule has 3 heteroatoms. The van der Waals surface area contributed by atoms with Crippen LogP contribution in [0, 0.1) is 0 Å². The number of hydrogen-bond donors (Lipinski definition) is 1. The highest BCUT2D eigenvalue weighted by molar-refractivity contribution is 5.79. The summed E-state index contributed by atoms with van der Waals surface area (Å²) in [6.45, 7) is 2.65. The van der Waals surface area contributed by atoms with Gasteiger partial charge in [-0.15, -0.1) is 0 Å². The molecule has 0 heterocycles. The minimum absolute atomic E-state index is 0.390. The number of ether oxygens (including phenoxy) is 1. The molecule has 0 aliphatic heterocycles. The highest BCUT2D eigenvalue weighted by Crippen LogP contribution is 2.27. The van der Waals surface area contributed by atoms with Crippen LogP contribution in [0.15, 0.2) is 24.3 Å². The number of hydrogen-bond acceptors (Lipinski definition) is 3. The molecule has 0 unspecified atom stereocenters. The van der Waals surface area contributed by atoms with E-state index in [9.17, 15) is 4.79 Å². The molecule has 1 N–H and O–H groups in total. The third-order valence-corrected chi connectivity index (χ3v) is 3.09. The van der Waals surface area contributed by atoms with Crippen molar-refractivity contribution < 1.29 is 9.53 Å². The minimum atomic E-state index is 0.390. The lowest BCUT2D eigenvalue weighted by Crippen LogP contribution is -2.26. The molecule has 92 valence electrons.